The molecule has 0 aromatic heterocycles. The van der Waals surface area contributed by atoms with Crippen LogP contribution in [0.4, 0.5) is 0 Å². The van der Waals surface area contributed by atoms with Crippen LogP contribution in [0.3, 0.4) is 0 Å². The molecule has 0 radical (unpaired) electrons. The Balaban J connectivity index is 0.845. The minimum atomic E-state index is -1.90. The van der Waals surface area contributed by atoms with E-state index in [1.807, 2.05) is 19.1 Å². The van der Waals surface area contributed by atoms with Crippen LogP contribution < -0.4 is 5.32 Å². The van der Waals surface area contributed by atoms with Gasteiger partial charge in [0.25, 0.3) is 0 Å². The molecule has 14 nitrogen and oxygen atoms in total. The number of rotatable bonds is 9. The third-order valence-electron chi connectivity index (χ3n) is 16.0. The minimum absolute atomic E-state index is 0.0246. The molecule has 61 heavy (non-hydrogen) atoms. The summed E-state index contributed by atoms with van der Waals surface area (Å²) in [6.45, 7) is 18.4. The van der Waals surface area contributed by atoms with Crippen LogP contribution in [-0.2, 0) is 42.7 Å². The summed E-state index contributed by atoms with van der Waals surface area (Å²) in [5, 5.41) is 47.3. The summed E-state index contributed by atoms with van der Waals surface area (Å²) in [6, 6.07) is 0. The Morgan fingerprint density at radius 2 is 1.64 bits per heavy atom. The summed E-state index contributed by atoms with van der Waals surface area (Å²) >= 11 is 0. The quantitative estimate of drug-likeness (QED) is 0.190. The Labute approximate surface area is 360 Å². The van der Waals surface area contributed by atoms with Crippen molar-refractivity contribution < 1.29 is 63.1 Å². The van der Waals surface area contributed by atoms with Crippen LogP contribution in [0.1, 0.15) is 119 Å². The van der Waals surface area contributed by atoms with Crippen molar-refractivity contribution >= 4 is 5.97 Å². The SMILES string of the molecule is C=C(C[C@@]12C[C@@H](C)C[C@@H](O1)[C@H]1O[C@]3(C[C@H]1O2)NC[C@H](C)C[C@@H]3C)[C@H]1O[C@@](O)([C@@H](O)[C@@H]2C[C@H]3O[C@@]4(CC[C@]5(CC=C[C@@H](/C=C/[C@H](O)CC(=O)O)O5)O4)[C@H](C)C[C@H]3O2)[C@H](C)C[C@@H]1C. The van der Waals surface area contributed by atoms with Gasteiger partial charge in [0.15, 0.2) is 23.1 Å². The monoisotopic (exact) mass is 857 g/mol. The van der Waals surface area contributed by atoms with Gasteiger partial charge >= 0.3 is 5.97 Å². The van der Waals surface area contributed by atoms with Crippen molar-refractivity contribution in [1.82, 2.24) is 5.32 Å². The lowest BCUT2D eigenvalue weighted by atomic mass is 9.76. The molecule has 0 saturated carbocycles. The predicted molar refractivity (Wildman–Crippen MR) is 220 cm³/mol. The maximum Gasteiger partial charge on any atom is 0.306 e. The molecular formula is C47H71NO13. The van der Waals surface area contributed by atoms with E-state index in [1.165, 1.54) is 6.08 Å². The molecule has 14 heteroatoms. The number of fused-ring (bicyclic) bond motifs is 5. The molecule has 0 amide bonds. The normalized spacial score (nSPS) is 52.7. The first-order valence-electron chi connectivity index (χ1n) is 23.3. The third-order valence-corrected chi connectivity index (χ3v) is 16.0. The van der Waals surface area contributed by atoms with Crippen LogP contribution in [-0.4, -0.2) is 123 Å². The number of hydrogen-bond acceptors (Lipinski definition) is 13. The van der Waals surface area contributed by atoms with Crippen LogP contribution in [0.25, 0.3) is 0 Å². The topological polar surface area (TPSA) is 184 Å². The second-order valence-corrected chi connectivity index (χ2v) is 21.1. The van der Waals surface area contributed by atoms with E-state index in [9.17, 15) is 20.1 Å². The highest BCUT2D eigenvalue weighted by Gasteiger charge is 2.64. The molecule has 0 aromatic carbocycles. The second-order valence-electron chi connectivity index (χ2n) is 21.1. The highest BCUT2D eigenvalue weighted by molar-refractivity contribution is 5.67. The molecule has 9 aliphatic heterocycles. The average Bonchev–Trinajstić information content (AvgIpc) is 3.87. The van der Waals surface area contributed by atoms with Gasteiger partial charge in [-0.2, -0.15) is 0 Å². The molecule has 9 heterocycles. The van der Waals surface area contributed by atoms with Gasteiger partial charge in [-0.3, -0.25) is 10.1 Å². The predicted octanol–water partition coefficient (Wildman–Crippen LogP) is 5.23. The fourth-order valence-electron chi connectivity index (χ4n) is 12.9. The second kappa shape index (κ2) is 16.3. The van der Waals surface area contributed by atoms with Crippen molar-refractivity contribution in [3.05, 3.63) is 36.5 Å². The number of ether oxygens (including phenoxy) is 8. The Morgan fingerprint density at radius 3 is 2.41 bits per heavy atom. The highest BCUT2D eigenvalue weighted by atomic mass is 16.8. The highest BCUT2D eigenvalue weighted by Crippen LogP contribution is 2.56. The zero-order valence-corrected chi connectivity index (χ0v) is 36.9. The Kier molecular flexibility index (Phi) is 11.8. The van der Waals surface area contributed by atoms with Gasteiger partial charge in [-0.15, -0.1) is 0 Å². The van der Waals surface area contributed by atoms with E-state index in [4.69, 9.17) is 43.0 Å². The maximum atomic E-state index is 12.4. The van der Waals surface area contributed by atoms with Gasteiger partial charge in [0, 0.05) is 63.3 Å². The van der Waals surface area contributed by atoms with Gasteiger partial charge < -0.3 is 58.3 Å². The van der Waals surface area contributed by atoms with Crippen molar-refractivity contribution in [1.29, 1.82) is 0 Å². The van der Waals surface area contributed by atoms with E-state index in [0.717, 1.165) is 37.8 Å². The first-order chi connectivity index (χ1) is 28.8. The summed E-state index contributed by atoms with van der Waals surface area (Å²) < 4.78 is 54.0. The lowest BCUT2D eigenvalue weighted by Gasteiger charge is -2.53. The van der Waals surface area contributed by atoms with Gasteiger partial charge in [0.05, 0.1) is 55.3 Å². The third kappa shape index (κ3) is 8.15. The number of aliphatic hydroxyl groups is 3. The molecule has 9 rings (SSSR count). The van der Waals surface area contributed by atoms with Crippen LogP contribution in [0.2, 0.25) is 0 Å². The number of piperidine rings is 1. The molecule has 9 aliphatic rings. The molecule has 8 saturated heterocycles. The number of aliphatic hydroxyl groups excluding tert-OH is 2. The van der Waals surface area contributed by atoms with E-state index < -0.39 is 65.4 Å². The molecule has 8 fully saturated rings. The minimum Gasteiger partial charge on any atom is -0.481 e. The van der Waals surface area contributed by atoms with Crippen LogP contribution in [0, 0.1) is 35.5 Å². The molecule has 3 spiro atoms. The summed E-state index contributed by atoms with van der Waals surface area (Å²) in [5.74, 6) is -4.82. The lowest BCUT2D eigenvalue weighted by molar-refractivity contribution is -0.367. The van der Waals surface area contributed by atoms with Crippen LogP contribution in [0.5, 0.6) is 0 Å². The molecule has 2 bridgehead atoms. The van der Waals surface area contributed by atoms with Gasteiger partial charge in [-0.05, 0) is 54.9 Å². The van der Waals surface area contributed by atoms with E-state index in [1.54, 1.807) is 6.08 Å². The molecule has 342 valence electrons. The first kappa shape index (κ1) is 44.4. The summed E-state index contributed by atoms with van der Waals surface area (Å²) in [7, 11) is 0. The molecule has 0 unspecified atom stereocenters. The summed E-state index contributed by atoms with van der Waals surface area (Å²) in [4.78, 5) is 11.0. The standard InChI is InChI=1S/C47H71NO13/c1-25-16-36-41-38(23-45(59-41)29(5)15-26(2)24-48-45)57-44(21-25,56-36)22-28(4)40-27(3)17-31(7)47(53,60-40)42(52)37-20-35-34(54-37)18-30(6)46(58-35)14-13-43(61-46)12-8-9-33(55-43)11-10-32(49)19-39(50)51/h8-11,25-27,29-38,40-42,48-49,52-53H,4,12-24H2,1-3,5-7H3,(H,50,51)/b11-10+/t25-,26+,27-,29-,30+,31+,32-,33-,34+,35+,36+,37-,38+,40-,41+,42-,43-,44-,45-,46+,47+/m0/s1. The molecule has 5 N–H and O–H groups in total. The largest absolute Gasteiger partial charge is 0.481 e. The molecule has 21 atom stereocenters. The molecular weight excluding hydrogens is 787 g/mol. The van der Waals surface area contributed by atoms with Crippen molar-refractivity contribution in [2.45, 2.75) is 209 Å². The zero-order chi connectivity index (χ0) is 43.3. The van der Waals surface area contributed by atoms with Crippen LogP contribution in [0.15, 0.2) is 36.5 Å². The fourth-order valence-corrected chi connectivity index (χ4v) is 12.9. The van der Waals surface area contributed by atoms with E-state index in [2.05, 4.69) is 46.5 Å². The van der Waals surface area contributed by atoms with Gasteiger partial charge in [-0.25, -0.2) is 0 Å². The van der Waals surface area contributed by atoms with Crippen molar-refractivity contribution in [3.8, 4) is 0 Å². The maximum absolute atomic E-state index is 12.4. The Morgan fingerprint density at radius 1 is 0.852 bits per heavy atom. The smallest absolute Gasteiger partial charge is 0.306 e. The van der Waals surface area contributed by atoms with Gasteiger partial charge in [0.2, 0.25) is 0 Å². The number of carboxylic acid groups (broad SMARTS) is 1. The van der Waals surface area contributed by atoms with Crippen molar-refractivity contribution in [3.63, 3.8) is 0 Å². The summed E-state index contributed by atoms with van der Waals surface area (Å²) in [6.07, 6.45) is 8.58. The average molecular weight is 858 g/mol. The summed E-state index contributed by atoms with van der Waals surface area (Å²) in [5.41, 5.74) is 0.370. The van der Waals surface area contributed by atoms with Crippen LogP contribution >= 0.6 is 0 Å². The van der Waals surface area contributed by atoms with Gasteiger partial charge in [0.1, 0.15) is 17.9 Å². The number of aliphatic carboxylic acids is 1. The van der Waals surface area contributed by atoms with E-state index in [-0.39, 0.29) is 54.7 Å². The zero-order valence-electron chi connectivity index (χ0n) is 36.9. The lowest BCUT2D eigenvalue weighted by Crippen LogP contribution is -2.62. The van der Waals surface area contributed by atoms with E-state index in [0.29, 0.717) is 62.7 Å². The number of carboxylic acids is 1. The Hall–Kier alpha value is -1.79. The number of carbonyl (C=O) groups is 1. The fraction of sp³-hybridized carbons (Fsp3) is 0.851. The van der Waals surface area contributed by atoms with Gasteiger partial charge in [-0.1, -0.05) is 72.4 Å². The molecule has 0 aliphatic carbocycles. The first-order valence-corrected chi connectivity index (χ1v) is 23.3. The van der Waals surface area contributed by atoms with Crippen molar-refractivity contribution in [2.24, 2.45) is 35.5 Å². The Bertz CT molecular complexity index is 1730. The number of hydrogen-bond donors (Lipinski definition) is 5. The van der Waals surface area contributed by atoms with Crippen molar-refractivity contribution in [2.75, 3.05) is 6.54 Å². The molecule has 0 aromatic rings. The number of nitrogens with one attached hydrogen (secondary N) is 1. The van der Waals surface area contributed by atoms with E-state index >= 15 is 0 Å².